The number of para-hydroxylation sites is 1. The Bertz CT molecular complexity index is 892. The molecule has 0 saturated heterocycles. The van der Waals surface area contributed by atoms with Crippen LogP contribution >= 0.6 is 0 Å². The van der Waals surface area contributed by atoms with E-state index in [0.717, 1.165) is 29.0 Å². The van der Waals surface area contributed by atoms with E-state index in [-0.39, 0.29) is 11.6 Å². The smallest absolute Gasteiger partial charge is 0.275 e. The summed E-state index contributed by atoms with van der Waals surface area (Å²) in [7, 11) is 0. The van der Waals surface area contributed by atoms with E-state index in [1.807, 2.05) is 67.3 Å². The molecule has 1 amide bonds. The normalized spacial score (nSPS) is 10.4. The average Bonchev–Trinajstić information content (AvgIpc) is 2.66. The van der Waals surface area contributed by atoms with Crippen LogP contribution in [-0.4, -0.2) is 22.4 Å². The molecule has 5 heteroatoms. The minimum atomic E-state index is -0.265. The van der Waals surface area contributed by atoms with Gasteiger partial charge in [0.25, 0.3) is 5.91 Å². The highest BCUT2D eigenvalue weighted by Gasteiger charge is 2.13. The van der Waals surface area contributed by atoms with Crippen LogP contribution in [-0.2, 0) is 0 Å². The maximum atomic E-state index is 12.4. The molecule has 0 saturated carbocycles. The highest BCUT2D eigenvalue weighted by molar-refractivity contribution is 6.03. The molecule has 0 fully saturated rings. The fourth-order valence-corrected chi connectivity index (χ4v) is 2.80. The van der Waals surface area contributed by atoms with E-state index in [2.05, 4.69) is 22.2 Å². The molecule has 1 N–H and O–H groups in total. The van der Waals surface area contributed by atoms with Crippen molar-refractivity contribution in [2.24, 2.45) is 0 Å². The number of nitrogens with zero attached hydrogens (tertiary/aromatic N) is 3. The van der Waals surface area contributed by atoms with E-state index in [9.17, 15) is 4.79 Å². The Morgan fingerprint density at radius 3 is 2.42 bits per heavy atom. The van der Waals surface area contributed by atoms with Gasteiger partial charge in [0.1, 0.15) is 5.69 Å². The number of aryl methyl sites for hydroxylation is 2. The van der Waals surface area contributed by atoms with Gasteiger partial charge in [0.05, 0.1) is 12.4 Å². The van der Waals surface area contributed by atoms with Gasteiger partial charge in [-0.15, -0.1) is 0 Å². The summed E-state index contributed by atoms with van der Waals surface area (Å²) >= 11 is 0. The molecule has 1 heterocycles. The van der Waals surface area contributed by atoms with Gasteiger partial charge in [-0.25, -0.2) is 9.97 Å². The van der Waals surface area contributed by atoms with Gasteiger partial charge in [-0.2, -0.15) is 0 Å². The summed E-state index contributed by atoms with van der Waals surface area (Å²) in [6, 6.07) is 15.9. The summed E-state index contributed by atoms with van der Waals surface area (Å²) in [5.74, 6) is 0.445. The van der Waals surface area contributed by atoms with Gasteiger partial charge in [0, 0.05) is 17.9 Å². The summed E-state index contributed by atoms with van der Waals surface area (Å²) in [4.78, 5) is 23.2. The fraction of sp³-hybridized carbons (Fsp3) is 0.190. The SMILES string of the molecule is CCN(c1ccccc1)c1cnc(C(=O)Nc2ccc(C)cc2C)cn1. The van der Waals surface area contributed by atoms with Crippen molar-refractivity contribution >= 4 is 23.1 Å². The van der Waals surface area contributed by atoms with E-state index in [1.165, 1.54) is 6.20 Å². The molecule has 0 aliphatic carbocycles. The van der Waals surface area contributed by atoms with Crippen LogP contribution in [0.4, 0.5) is 17.2 Å². The van der Waals surface area contributed by atoms with Gasteiger partial charge in [0.15, 0.2) is 5.82 Å². The minimum Gasteiger partial charge on any atom is -0.325 e. The number of benzene rings is 2. The number of amides is 1. The number of carbonyl (C=O) groups excluding carboxylic acids is 1. The van der Waals surface area contributed by atoms with Crippen molar-refractivity contribution in [1.29, 1.82) is 0 Å². The molecule has 0 spiro atoms. The van der Waals surface area contributed by atoms with Crippen LogP contribution in [0, 0.1) is 13.8 Å². The van der Waals surface area contributed by atoms with E-state index in [1.54, 1.807) is 6.20 Å². The Hall–Kier alpha value is -3.21. The zero-order valence-corrected chi connectivity index (χ0v) is 15.2. The van der Waals surface area contributed by atoms with Gasteiger partial charge in [-0.1, -0.05) is 35.9 Å². The molecule has 0 radical (unpaired) electrons. The highest BCUT2D eigenvalue weighted by atomic mass is 16.1. The lowest BCUT2D eigenvalue weighted by atomic mass is 10.1. The van der Waals surface area contributed by atoms with Crippen LogP contribution in [0.15, 0.2) is 60.9 Å². The van der Waals surface area contributed by atoms with E-state index in [0.29, 0.717) is 5.82 Å². The quantitative estimate of drug-likeness (QED) is 0.739. The van der Waals surface area contributed by atoms with Crippen LogP contribution in [0.1, 0.15) is 28.5 Å². The van der Waals surface area contributed by atoms with Crippen molar-refractivity contribution in [1.82, 2.24) is 9.97 Å². The molecule has 1 aromatic heterocycles. The summed E-state index contributed by atoms with van der Waals surface area (Å²) in [5, 5.41) is 2.89. The number of nitrogens with one attached hydrogen (secondary N) is 1. The van der Waals surface area contributed by atoms with Crippen molar-refractivity contribution in [3.05, 3.63) is 77.7 Å². The Balaban J connectivity index is 1.77. The summed E-state index contributed by atoms with van der Waals surface area (Å²) in [5.41, 5.74) is 4.29. The Kier molecular flexibility index (Phi) is 5.27. The standard InChI is InChI=1S/C21H22N4O/c1-4-25(17-8-6-5-7-9-17)20-14-22-19(13-23-20)21(26)24-18-11-10-15(2)12-16(18)3/h5-14H,4H2,1-3H3,(H,24,26). The van der Waals surface area contributed by atoms with Gasteiger partial charge in [-0.3, -0.25) is 4.79 Å². The number of hydrogen-bond donors (Lipinski definition) is 1. The lowest BCUT2D eigenvalue weighted by Gasteiger charge is -2.21. The van der Waals surface area contributed by atoms with Crippen molar-refractivity contribution < 1.29 is 4.79 Å². The molecular weight excluding hydrogens is 324 g/mol. The van der Waals surface area contributed by atoms with Crippen LogP contribution in [0.2, 0.25) is 0 Å². The Morgan fingerprint density at radius 1 is 1.04 bits per heavy atom. The lowest BCUT2D eigenvalue weighted by molar-refractivity contribution is 0.102. The summed E-state index contributed by atoms with van der Waals surface area (Å²) in [6.45, 7) is 6.80. The van der Waals surface area contributed by atoms with Gasteiger partial charge in [-0.05, 0) is 44.5 Å². The van der Waals surface area contributed by atoms with Gasteiger partial charge < -0.3 is 10.2 Å². The molecule has 3 rings (SSSR count). The molecule has 0 aliphatic heterocycles. The van der Waals surface area contributed by atoms with Crippen molar-refractivity contribution in [2.45, 2.75) is 20.8 Å². The molecule has 5 nitrogen and oxygen atoms in total. The third-order valence-corrected chi connectivity index (χ3v) is 4.16. The Labute approximate surface area is 153 Å². The second-order valence-electron chi connectivity index (χ2n) is 6.11. The van der Waals surface area contributed by atoms with Crippen molar-refractivity contribution in [3.8, 4) is 0 Å². The molecule has 0 unspecified atom stereocenters. The number of anilines is 3. The fourth-order valence-electron chi connectivity index (χ4n) is 2.80. The molecule has 0 atom stereocenters. The van der Waals surface area contributed by atoms with E-state index in [4.69, 9.17) is 0 Å². The predicted molar refractivity (Wildman–Crippen MR) is 105 cm³/mol. The van der Waals surface area contributed by atoms with Crippen LogP contribution in [0.25, 0.3) is 0 Å². The zero-order valence-electron chi connectivity index (χ0n) is 15.2. The molecular formula is C21H22N4O. The first-order valence-electron chi connectivity index (χ1n) is 8.61. The number of hydrogen-bond acceptors (Lipinski definition) is 4. The molecule has 132 valence electrons. The third kappa shape index (κ3) is 3.88. The number of rotatable bonds is 5. The molecule has 26 heavy (non-hydrogen) atoms. The van der Waals surface area contributed by atoms with E-state index < -0.39 is 0 Å². The molecule has 0 bridgehead atoms. The first-order valence-corrected chi connectivity index (χ1v) is 8.61. The summed E-state index contributed by atoms with van der Waals surface area (Å²) in [6.07, 6.45) is 3.15. The van der Waals surface area contributed by atoms with Crippen LogP contribution < -0.4 is 10.2 Å². The van der Waals surface area contributed by atoms with Crippen molar-refractivity contribution in [2.75, 3.05) is 16.8 Å². The average molecular weight is 346 g/mol. The topological polar surface area (TPSA) is 58.1 Å². The van der Waals surface area contributed by atoms with Crippen molar-refractivity contribution in [3.63, 3.8) is 0 Å². The van der Waals surface area contributed by atoms with E-state index >= 15 is 0 Å². The van der Waals surface area contributed by atoms with Gasteiger partial charge >= 0.3 is 0 Å². The maximum absolute atomic E-state index is 12.4. The summed E-state index contributed by atoms with van der Waals surface area (Å²) < 4.78 is 0. The molecule has 2 aromatic carbocycles. The minimum absolute atomic E-state index is 0.265. The Morgan fingerprint density at radius 2 is 1.81 bits per heavy atom. The van der Waals surface area contributed by atoms with Crippen LogP contribution in [0.5, 0.6) is 0 Å². The predicted octanol–water partition coefficient (Wildman–Crippen LogP) is 4.50. The first kappa shape index (κ1) is 17.6. The third-order valence-electron chi connectivity index (χ3n) is 4.16. The van der Waals surface area contributed by atoms with Crippen LogP contribution in [0.3, 0.4) is 0 Å². The highest BCUT2D eigenvalue weighted by Crippen LogP contribution is 2.22. The second-order valence-corrected chi connectivity index (χ2v) is 6.11. The second kappa shape index (κ2) is 7.78. The first-order chi connectivity index (χ1) is 12.6. The maximum Gasteiger partial charge on any atom is 0.275 e. The monoisotopic (exact) mass is 346 g/mol. The molecule has 3 aromatic rings. The number of carbonyl (C=O) groups is 1. The largest absolute Gasteiger partial charge is 0.325 e. The zero-order chi connectivity index (χ0) is 18.5. The number of aromatic nitrogens is 2. The lowest BCUT2D eigenvalue weighted by Crippen LogP contribution is -2.19. The van der Waals surface area contributed by atoms with Gasteiger partial charge in [0.2, 0.25) is 0 Å². The molecule has 0 aliphatic rings.